The first-order valence-corrected chi connectivity index (χ1v) is 9.88. The Morgan fingerprint density at radius 3 is 2.96 bits per heavy atom. The minimum absolute atomic E-state index is 0.657. The monoisotopic (exact) mass is 334 g/mol. The summed E-state index contributed by atoms with van der Waals surface area (Å²) in [6, 6.07) is 4.38. The molecule has 128 valence electrons. The van der Waals surface area contributed by atoms with Gasteiger partial charge in [-0.25, -0.2) is 0 Å². The summed E-state index contributed by atoms with van der Waals surface area (Å²) in [7, 11) is 0. The van der Waals surface area contributed by atoms with Gasteiger partial charge in [-0.1, -0.05) is 13.0 Å². The maximum atomic E-state index is 6.24. The van der Waals surface area contributed by atoms with E-state index in [2.05, 4.69) is 34.2 Å². The normalized spacial score (nSPS) is 27.3. The summed E-state index contributed by atoms with van der Waals surface area (Å²) < 4.78 is 0. The Bertz CT molecular complexity index is 499. The van der Waals surface area contributed by atoms with Gasteiger partial charge in [-0.15, -0.1) is 11.3 Å². The first kappa shape index (κ1) is 16.8. The third-order valence-electron chi connectivity index (χ3n) is 5.06. The largest absolute Gasteiger partial charge is 0.370 e. The van der Waals surface area contributed by atoms with E-state index < -0.39 is 0 Å². The minimum Gasteiger partial charge on any atom is -0.370 e. The molecule has 1 aromatic heterocycles. The van der Waals surface area contributed by atoms with Crippen molar-refractivity contribution in [2.75, 3.05) is 32.7 Å². The van der Waals surface area contributed by atoms with Crippen LogP contribution in [0.1, 0.15) is 37.5 Å². The van der Waals surface area contributed by atoms with Gasteiger partial charge >= 0.3 is 0 Å². The third-order valence-corrected chi connectivity index (χ3v) is 5.92. The Labute approximate surface area is 144 Å². The fourth-order valence-electron chi connectivity index (χ4n) is 3.79. The highest BCUT2D eigenvalue weighted by Gasteiger charge is 2.21. The van der Waals surface area contributed by atoms with Crippen LogP contribution < -0.4 is 5.73 Å². The summed E-state index contributed by atoms with van der Waals surface area (Å²) >= 11 is 1.86. The summed E-state index contributed by atoms with van der Waals surface area (Å²) in [5, 5.41) is 2.17. The Morgan fingerprint density at radius 2 is 2.17 bits per heavy atom. The van der Waals surface area contributed by atoms with E-state index in [-0.39, 0.29) is 0 Å². The molecule has 4 nitrogen and oxygen atoms in total. The van der Waals surface area contributed by atoms with Crippen molar-refractivity contribution in [3.8, 4) is 0 Å². The number of nitrogens with zero attached hydrogens (tertiary/aromatic N) is 3. The van der Waals surface area contributed by atoms with E-state index in [9.17, 15) is 0 Å². The maximum absolute atomic E-state index is 6.24. The molecule has 2 aliphatic rings. The van der Waals surface area contributed by atoms with E-state index >= 15 is 0 Å². The first-order chi connectivity index (χ1) is 11.2. The second-order valence-electron chi connectivity index (χ2n) is 7.22. The average Bonchev–Trinajstić information content (AvgIpc) is 3.06. The number of hydrogen-bond acceptors (Lipinski definition) is 3. The molecule has 5 heteroatoms. The van der Waals surface area contributed by atoms with E-state index in [1.54, 1.807) is 0 Å². The average molecular weight is 335 g/mol. The molecule has 0 amide bonds. The predicted molar refractivity (Wildman–Crippen MR) is 98.8 cm³/mol. The van der Waals surface area contributed by atoms with Crippen LogP contribution >= 0.6 is 11.3 Å². The number of nitrogens with two attached hydrogens (primary N) is 1. The zero-order valence-electron chi connectivity index (χ0n) is 14.3. The van der Waals surface area contributed by atoms with Crippen LogP contribution in [0.25, 0.3) is 0 Å². The number of thiophene rings is 1. The molecule has 2 N–H and O–H groups in total. The SMILES string of the molecule is CC1CCCN(C(N)=NCC2CCCN(Cc3cccs3)C2)C1. The van der Waals surface area contributed by atoms with Crippen LogP contribution in [-0.2, 0) is 6.54 Å². The van der Waals surface area contributed by atoms with Gasteiger partial charge in [-0.3, -0.25) is 9.89 Å². The van der Waals surface area contributed by atoms with Crippen LogP contribution in [0.4, 0.5) is 0 Å². The molecule has 23 heavy (non-hydrogen) atoms. The van der Waals surface area contributed by atoms with Crippen molar-refractivity contribution >= 4 is 17.3 Å². The third kappa shape index (κ3) is 4.95. The molecule has 0 saturated carbocycles. The van der Waals surface area contributed by atoms with Crippen molar-refractivity contribution in [3.05, 3.63) is 22.4 Å². The predicted octanol–water partition coefficient (Wildman–Crippen LogP) is 3.01. The van der Waals surface area contributed by atoms with Crippen molar-refractivity contribution < 1.29 is 0 Å². The highest BCUT2D eigenvalue weighted by Crippen LogP contribution is 2.21. The fraction of sp³-hybridized carbons (Fsp3) is 0.722. The number of rotatable bonds is 4. The molecule has 0 aliphatic carbocycles. The highest BCUT2D eigenvalue weighted by atomic mass is 32.1. The van der Waals surface area contributed by atoms with Crippen molar-refractivity contribution in [1.82, 2.24) is 9.80 Å². The lowest BCUT2D eigenvalue weighted by molar-refractivity contribution is 0.172. The molecule has 0 spiro atoms. The Kier molecular flexibility index (Phi) is 5.95. The van der Waals surface area contributed by atoms with Gasteiger partial charge in [0, 0.05) is 37.6 Å². The molecule has 2 atom stereocenters. The molecular formula is C18H30N4S. The van der Waals surface area contributed by atoms with Gasteiger partial charge in [-0.2, -0.15) is 0 Å². The van der Waals surface area contributed by atoms with Crippen molar-refractivity contribution in [1.29, 1.82) is 0 Å². The molecule has 2 aliphatic heterocycles. The summed E-state index contributed by atoms with van der Waals surface area (Å²) in [5.74, 6) is 2.17. The number of hydrogen-bond donors (Lipinski definition) is 1. The number of guanidine groups is 1. The first-order valence-electron chi connectivity index (χ1n) is 9.00. The Morgan fingerprint density at radius 1 is 1.30 bits per heavy atom. The lowest BCUT2D eigenvalue weighted by Gasteiger charge is -2.33. The molecule has 3 rings (SSSR count). The zero-order chi connectivity index (χ0) is 16.1. The van der Waals surface area contributed by atoms with E-state index in [4.69, 9.17) is 10.7 Å². The van der Waals surface area contributed by atoms with Gasteiger partial charge in [0.15, 0.2) is 5.96 Å². The number of likely N-dealkylation sites (tertiary alicyclic amines) is 2. The van der Waals surface area contributed by atoms with E-state index in [1.165, 1.54) is 37.1 Å². The van der Waals surface area contributed by atoms with Crippen molar-refractivity contribution in [2.24, 2.45) is 22.6 Å². The van der Waals surface area contributed by atoms with Gasteiger partial charge < -0.3 is 10.6 Å². The Hall–Kier alpha value is -1.07. The van der Waals surface area contributed by atoms with Crippen LogP contribution in [-0.4, -0.2) is 48.5 Å². The van der Waals surface area contributed by atoms with Gasteiger partial charge in [-0.05, 0) is 55.5 Å². The number of aliphatic imine (C=N–C) groups is 1. The summed E-state index contributed by atoms with van der Waals surface area (Å²) in [4.78, 5) is 11.1. The molecule has 2 unspecified atom stereocenters. The lowest BCUT2D eigenvalue weighted by Crippen LogP contribution is -2.44. The molecule has 0 bridgehead atoms. The van der Waals surface area contributed by atoms with Crippen LogP contribution in [0.5, 0.6) is 0 Å². The second kappa shape index (κ2) is 8.15. The van der Waals surface area contributed by atoms with Gasteiger partial charge in [0.2, 0.25) is 0 Å². The topological polar surface area (TPSA) is 44.9 Å². The second-order valence-corrected chi connectivity index (χ2v) is 8.25. The smallest absolute Gasteiger partial charge is 0.191 e. The molecule has 2 fully saturated rings. The molecule has 0 radical (unpaired) electrons. The van der Waals surface area contributed by atoms with Crippen LogP contribution in [0.2, 0.25) is 0 Å². The molecule has 1 aromatic rings. The van der Waals surface area contributed by atoms with E-state index in [1.807, 2.05) is 11.3 Å². The maximum Gasteiger partial charge on any atom is 0.191 e. The van der Waals surface area contributed by atoms with Crippen molar-refractivity contribution in [3.63, 3.8) is 0 Å². The minimum atomic E-state index is 0.657. The molecule has 3 heterocycles. The fourth-order valence-corrected chi connectivity index (χ4v) is 4.53. The lowest BCUT2D eigenvalue weighted by atomic mass is 9.98. The van der Waals surface area contributed by atoms with Gasteiger partial charge in [0.25, 0.3) is 0 Å². The zero-order valence-corrected chi connectivity index (χ0v) is 15.1. The standard InChI is InChI=1S/C18H30N4S/c1-15-5-2-9-22(12-15)18(19)20-11-16-6-3-8-21(13-16)14-17-7-4-10-23-17/h4,7,10,15-16H,2-3,5-6,8-9,11-14H2,1H3,(H2,19,20). The van der Waals surface area contributed by atoms with Crippen molar-refractivity contribution in [2.45, 2.75) is 39.2 Å². The quantitative estimate of drug-likeness (QED) is 0.680. The highest BCUT2D eigenvalue weighted by molar-refractivity contribution is 7.09. The van der Waals surface area contributed by atoms with Crippen LogP contribution in [0, 0.1) is 11.8 Å². The van der Waals surface area contributed by atoms with Gasteiger partial charge in [0.05, 0.1) is 0 Å². The molecule has 0 aromatic carbocycles. The van der Waals surface area contributed by atoms with Crippen LogP contribution in [0.15, 0.2) is 22.5 Å². The van der Waals surface area contributed by atoms with Crippen LogP contribution in [0.3, 0.4) is 0 Å². The summed E-state index contributed by atoms with van der Waals surface area (Å²) in [5.41, 5.74) is 6.24. The molecular weight excluding hydrogens is 304 g/mol. The number of piperidine rings is 2. The van der Waals surface area contributed by atoms with Gasteiger partial charge in [0.1, 0.15) is 0 Å². The van der Waals surface area contributed by atoms with E-state index in [0.29, 0.717) is 5.92 Å². The Balaban J connectivity index is 1.48. The molecule has 2 saturated heterocycles. The summed E-state index contributed by atoms with van der Waals surface area (Å²) in [6.45, 7) is 8.82. The van der Waals surface area contributed by atoms with E-state index in [0.717, 1.165) is 44.6 Å². The summed E-state index contributed by atoms with van der Waals surface area (Å²) in [6.07, 6.45) is 5.14.